The van der Waals surface area contributed by atoms with Gasteiger partial charge in [-0.3, -0.25) is 14.9 Å². The first-order valence-corrected chi connectivity index (χ1v) is 9.83. The van der Waals surface area contributed by atoms with Crippen molar-refractivity contribution in [2.45, 2.75) is 19.1 Å². The van der Waals surface area contributed by atoms with Gasteiger partial charge in [-0.05, 0) is 48.2 Å². The van der Waals surface area contributed by atoms with Gasteiger partial charge in [0.05, 0.1) is 5.92 Å². The summed E-state index contributed by atoms with van der Waals surface area (Å²) in [5.74, 6) is 5.57. The van der Waals surface area contributed by atoms with Crippen molar-refractivity contribution in [1.82, 2.24) is 15.3 Å². The number of carbonyl (C=O) groups is 2. The van der Waals surface area contributed by atoms with Crippen molar-refractivity contribution in [3.8, 4) is 11.8 Å². The molecule has 154 valence electrons. The number of nitrogens with one attached hydrogen (secondary N) is 2. The van der Waals surface area contributed by atoms with Crippen molar-refractivity contribution >= 4 is 17.5 Å². The van der Waals surface area contributed by atoms with E-state index >= 15 is 0 Å². The molecular weight excluding hydrogens is 392 g/mol. The Labute approximate surface area is 179 Å². The summed E-state index contributed by atoms with van der Waals surface area (Å²) < 4.78 is 0. The van der Waals surface area contributed by atoms with E-state index in [1.165, 1.54) is 0 Å². The number of amides is 2. The van der Waals surface area contributed by atoms with Gasteiger partial charge in [0.1, 0.15) is 0 Å². The SMILES string of the molecule is O=C1CC(Cc2ccc(NC(O)c3cccc(C#Cc4ncccn4)c3)cc2)C(=O)N1. The minimum Gasteiger partial charge on any atom is -0.369 e. The first-order chi connectivity index (χ1) is 15.1. The van der Waals surface area contributed by atoms with Crippen LogP contribution in [0.4, 0.5) is 5.69 Å². The van der Waals surface area contributed by atoms with E-state index in [-0.39, 0.29) is 24.2 Å². The van der Waals surface area contributed by atoms with Crippen molar-refractivity contribution in [2.24, 2.45) is 5.92 Å². The quantitative estimate of drug-likeness (QED) is 0.337. The second kappa shape index (κ2) is 9.20. The number of benzene rings is 2. The van der Waals surface area contributed by atoms with Gasteiger partial charge in [-0.15, -0.1) is 0 Å². The van der Waals surface area contributed by atoms with Gasteiger partial charge in [0.15, 0.2) is 6.23 Å². The first kappa shape index (κ1) is 20.3. The monoisotopic (exact) mass is 412 g/mol. The Balaban J connectivity index is 1.39. The molecular formula is C24H20N4O3. The Hall–Kier alpha value is -4.02. The summed E-state index contributed by atoms with van der Waals surface area (Å²) >= 11 is 0. The Morgan fingerprint density at radius 2 is 1.84 bits per heavy atom. The van der Waals surface area contributed by atoms with Crippen LogP contribution >= 0.6 is 0 Å². The van der Waals surface area contributed by atoms with Crippen LogP contribution in [0.3, 0.4) is 0 Å². The third-order valence-electron chi connectivity index (χ3n) is 4.89. The number of carbonyl (C=O) groups excluding carboxylic acids is 2. The topological polar surface area (TPSA) is 104 Å². The van der Waals surface area contributed by atoms with Crippen LogP contribution in [-0.2, 0) is 16.0 Å². The lowest BCUT2D eigenvalue weighted by Crippen LogP contribution is -2.22. The van der Waals surface area contributed by atoms with Gasteiger partial charge in [-0.2, -0.15) is 0 Å². The Bertz CT molecular complexity index is 1150. The summed E-state index contributed by atoms with van der Waals surface area (Å²) in [5, 5.41) is 15.9. The van der Waals surface area contributed by atoms with Crippen LogP contribution in [0.25, 0.3) is 0 Å². The normalized spacial score (nSPS) is 16.2. The van der Waals surface area contributed by atoms with Gasteiger partial charge >= 0.3 is 0 Å². The van der Waals surface area contributed by atoms with Crippen LogP contribution in [0.5, 0.6) is 0 Å². The third kappa shape index (κ3) is 5.32. The second-order valence-electron chi connectivity index (χ2n) is 7.21. The average Bonchev–Trinajstić information content (AvgIpc) is 3.11. The highest BCUT2D eigenvalue weighted by Crippen LogP contribution is 2.21. The molecule has 1 aliphatic rings. The number of aliphatic hydroxyl groups is 1. The Morgan fingerprint density at radius 3 is 2.55 bits per heavy atom. The van der Waals surface area contributed by atoms with E-state index in [9.17, 15) is 14.7 Å². The van der Waals surface area contributed by atoms with E-state index in [1.54, 1.807) is 24.5 Å². The number of nitrogens with zero attached hydrogens (tertiary/aromatic N) is 2. The van der Waals surface area contributed by atoms with Gasteiger partial charge < -0.3 is 10.4 Å². The van der Waals surface area contributed by atoms with E-state index in [0.717, 1.165) is 16.8 Å². The summed E-state index contributed by atoms with van der Waals surface area (Å²) in [6.45, 7) is 0. The molecule has 3 aromatic rings. The number of hydrogen-bond acceptors (Lipinski definition) is 6. The minimum atomic E-state index is -0.918. The van der Waals surface area contributed by atoms with Crippen LogP contribution in [-0.4, -0.2) is 26.9 Å². The standard InChI is InChI=1S/C24H20N4O3/c29-22-15-19(24(31)28-22)14-17-5-8-20(9-6-17)27-23(30)18-4-1-3-16(13-18)7-10-21-25-11-2-12-26-21/h1-6,8-9,11-13,19,23,27,30H,14-15H2,(H,28,29,31). The van der Waals surface area contributed by atoms with Crippen LogP contribution in [0.15, 0.2) is 67.0 Å². The third-order valence-corrected chi connectivity index (χ3v) is 4.89. The predicted molar refractivity (Wildman–Crippen MR) is 114 cm³/mol. The molecule has 1 aliphatic heterocycles. The van der Waals surface area contributed by atoms with Crippen LogP contribution in [0, 0.1) is 17.8 Å². The molecule has 7 nitrogen and oxygen atoms in total. The molecule has 4 rings (SSSR count). The number of aromatic nitrogens is 2. The molecule has 2 atom stereocenters. The molecule has 0 bridgehead atoms. The fourth-order valence-electron chi connectivity index (χ4n) is 3.31. The van der Waals surface area contributed by atoms with E-state index in [0.29, 0.717) is 17.8 Å². The fourth-order valence-corrected chi connectivity index (χ4v) is 3.31. The number of anilines is 1. The minimum absolute atomic E-state index is 0.218. The van der Waals surface area contributed by atoms with E-state index in [2.05, 4.69) is 32.4 Å². The van der Waals surface area contributed by atoms with Gasteiger partial charge in [0.2, 0.25) is 17.6 Å². The Morgan fingerprint density at radius 1 is 1.06 bits per heavy atom. The lowest BCUT2D eigenvalue weighted by Gasteiger charge is -2.15. The second-order valence-corrected chi connectivity index (χ2v) is 7.21. The molecule has 2 unspecified atom stereocenters. The summed E-state index contributed by atoms with van der Waals surface area (Å²) in [6, 6.07) is 16.5. The zero-order chi connectivity index (χ0) is 21.6. The van der Waals surface area contributed by atoms with E-state index in [1.807, 2.05) is 42.5 Å². The predicted octanol–water partition coefficient (Wildman–Crippen LogP) is 2.18. The smallest absolute Gasteiger partial charge is 0.230 e. The van der Waals surface area contributed by atoms with Gasteiger partial charge in [-0.1, -0.05) is 30.2 Å². The van der Waals surface area contributed by atoms with Crippen molar-refractivity contribution in [3.63, 3.8) is 0 Å². The summed E-state index contributed by atoms with van der Waals surface area (Å²) in [7, 11) is 0. The molecule has 0 aliphatic carbocycles. The maximum Gasteiger partial charge on any atom is 0.230 e. The highest BCUT2D eigenvalue weighted by atomic mass is 16.3. The number of imide groups is 1. The highest BCUT2D eigenvalue weighted by molar-refractivity contribution is 6.03. The van der Waals surface area contributed by atoms with Crippen molar-refractivity contribution < 1.29 is 14.7 Å². The average molecular weight is 412 g/mol. The summed E-state index contributed by atoms with van der Waals surface area (Å²) in [5.41, 5.74) is 3.10. The molecule has 0 saturated carbocycles. The Kier molecular flexibility index (Phi) is 6.01. The van der Waals surface area contributed by atoms with Crippen LogP contribution < -0.4 is 10.6 Å². The molecule has 31 heavy (non-hydrogen) atoms. The lowest BCUT2D eigenvalue weighted by atomic mass is 9.98. The van der Waals surface area contributed by atoms with Crippen molar-refractivity contribution in [2.75, 3.05) is 5.32 Å². The highest BCUT2D eigenvalue weighted by Gasteiger charge is 2.30. The molecule has 3 N–H and O–H groups in total. The lowest BCUT2D eigenvalue weighted by molar-refractivity contribution is -0.125. The maximum atomic E-state index is 11.7. The van der Waals surface area contributed by atoms with Crippen molar-refractivity contribution in [1.29, 1.82) is 0 Å². The maximum absolute atomic E-state index is 11.7. The summed E-state index contributed by atoms with van der Waals surface area (Å²) in [6.07, 6.45) is 3.08. The van der Waals surface area contributed by atoms with Gasteiger partial charge in [0.25, 0.3) is 0 Å². The molecule has 1 saturated heterocycles. The van der Waals surface area contributed by atoms with Crippen LogP contribution in [0.1, 0.15) is 35.2 Å². The molecule has 1 aromatic heterocycles. The zero-order valence-electron chi connectivity index (χ0n) is 16.6. The number of rotatable bonds is 5. The van der Waals surface area contributed by atoms with E-state index in [4.69, 9.17) is 0 Å². The number of hydrogen-bond donors (Lipinski definition) is 3. The summed E-state index contributed by atoms with van der Waals surface area (Å²) in [4.78, 5) is 31.2. The van der Waals surface area contributed by atoms with Gasteiger partial charge in [0, 0.05) is 35.6 Å². The van der Waals surface area contributed by atoms with Gasteiger partial charge in [-0.25, -0.2) is 9.97 Å². The molecule has 2 heterocycles. The molecule has 7 heteroatoms. The fraction of sp³-hybridized carbons (Fsp3) is 0.167. The van der Waals surface area contributed by atoms with E-state index < -0.39 is 6.23 Å². The van der Waals surface area contributed by atoms with Crippen LogP contribution in [0.2, 0.25) is 0 Å². The zero-order valence-corrected chi connectivity index (χ0v) is 16.6. The molecule has 0 spiro atoms. The molecule has 2 amide bonds. The van der Waals surface area contributed by atoms with Crippen molar-refractivity contribution in [3.05, 3.63) is 89.5 Å². The molecule has 1 fully saturated rings. The first-order valence-electron chi connectivity index (χ1n) is 9.83. The molecule has 0 radical (unpaired) electrons. The number of aliphatic hydroxyl groups excluding tert-OH is 1. The molecule has 2 aromatic carbocycles. The largest absolute Gasteiger partial charge is 0.369 e.